The number of nitrogen functional groups attached to an aromatic ring is 1. The van der Waals surface area contributed by atoms with E-state index < -0.39 is 5.56 Å². The molecule has 1 heterocycles. The maximum absolute atomic E-state index is 11.2. The average molecular weight is 227 g/mol. The molecule has 0 saturated carbocycles. The molecule has 0 aliphatic heterocycles. The number of aromatic amines is 1. The van der Waals surface area contributed by atoms with Crippen LogP contribution in [0.5, 0.6) is 0 Å². The number of rotatable bonds is 6. The molecule has 0 radical (unpaired) electrons. The lowest BCUT2D eigenvalue weighted by Crippen LogP contribution is -2.15. The van der Waals surface area contributed by atoms with E-state index in [2.05, 4.69) is 20.5 Å². The number of hydrogen-bond acceptors (Lipinski definition) is 7. The zero-order valence-corrected chi connectivity index (χ0v) is 8.56. The Bertz CT molecular complexity index is 417. The third-order valence-corrected chi connectivity index (χ3v) is 1.88. The maximum Gasteiger partial charge on any atom is 0.284 e. The number of nitrogens with two attached hydrogens (primary N) is 1. The van der Waals surface area contributed by atoms with Crippen molar-refractivity contribution >= 4 is 17.5 Å². The van der Waals surface area contributed by atoms with Crippen LogP contribution in [-0.2, 0) is 0 Å². The number of nitrogens with zero attached hydrogens (tertiary/aromatic N) is 2. The molecule has 0 spiro atoms. The largest absolute Gasteiger partial charge is 0.396 e. The molecule has 0 unspecified atom stereocenters. The van der Waals surface area contributed by atoms with Gasteiger partial charge in [-0.3, -0.25) is 9.78 Å². The zero-order valence-electron chi connectivity index (χ0n) is 8.56. The summed E-state index contributed by atoms with van der Waals surface area (Å²) >= 11 is 0. The van der Waals surface area contributed by atoms with Gasteiger partial charge in [-0.25, -0.2) is 0 Å². The molecule has 8 heteroatoms. The summed E-state index contributed by atoms with van der Waals surface area (Å²) in [4.78, 5) is 27.6. The van der Waals surface area contributed by atoms with Crippen LogP contribution in [0.1, 0.15) is 12.8 Å². The molecule has 0 bridgehead atoms. The van der Waals surface area contributed by atoms with Gasteiger partial charge in [0.1, 0.15) is 0 Å². The second-order valence-electron chi connectivity index (χ2n) is 3.10. The van der Waals surface area contributed by atoms with Crippen molar-refractivity contribution in [1.82, 2.24) is 9.97 Å². The van der Waals surface area contributed by atoms with E-state index in [1.807, 2.05) is 0 Å². The number of H-pyrrole nitrogens is 1. The predicted octanol–water partition coefficient (Wildman–Crippen LogP) is -0.0656. The van der Waals surface area contributed by atoms with Crippen LogP contribution >= 0.6 is 0 Å². The molecule has 0 amide bonds. The van der Waals surface area contributed by atoms with Gasteiger partial charge < -0.3 is 16.2 Å². The third kappa shape index (κ3) is 3.02. The van der Waals surface area contributed by atoms with Crippen molar-refractivity contribution in [3.63, 3.8) is 0 Å². The summed E-state index contributed by atoms with van der Waals surface area (Å²) in [6.45, 7) is 0.560. The number of nitrogens with one attached hydrogen (secondary N) is 2. The van der Waals surface area contributed by atoms with Gasteiger partial charge in [0.25, 0.3) is 5.56 Å². The smallest absolute Gasteiger partial charge is 0.284 e. The number of aliphatic hydroxyl groups excluding tert-OH is 1. The van der Waals surface area contributed by atoms with E-state index in [1.54, 1.807) is 0 Å². The number of aromatic nitrogens is 2. The van der Waals surface area contributed by atoms with Crippen molar-refractivity contribution in [3.05, 3.63) is 15.3 Å². The first kappa shape index (κ1) is 12.1. The van der Waals surface area contributed by atoms with Gasteiger partial charge in [0.05, 0.1) is 0 Å². The fourth-order valence-electron chi connectivity index (χ4n) is 1.14. The first-order valence-electron chi connectivity index (χ1n) is 4.77. The van der Waals surface area contributed by atoms with Crippen molar-refractivity contribution < 1.29 is 5.11 Å². The standard InChI is InChI=1S/C8H13N5O3/c9-8-11-6(10-3-1-2-4-14)5(13-16)7(15)12-8/h14H,1-4H2,(H4,9,10,11,12,15). The van der Waals surface area contributed by atoms with Crippen LogP contribution in [0.2, 0.25) is 0 Å². The van der Waals surface area contributed by atoms with Gasteiger partial charge in [0.15, 0.2) is 5.82 Å². The molecular formula is C8H13N5O3. The second kappa shape index (κ2) is 5.81. The van der Waals surface area contributed by atoms with Crippen molar-refractivity contribution in [1.29, 1.82) is 0 Å². The highest BCUT2D eigenvalue weighted by Crippen LogP contribution is 2.16. The topological polar surface area (TPSA) is 133 Å². The molecule has 16 heavy (non-hydrogen) atoms. The molecule has 0 aliphatic carbocycles. The minimum absolute atomic E-state index is 0.0641. The van der Waals surface area contributed by atoms with Crippen LogP contribution < -0.4 is 16.6 Å². The molecule has 1 aromatic rings. The van der Waals surface area contributed by atoms with Crippen LogP contribution in [0.4, 0.5) is 17.5 Å². The van der Waals surface area contributed by atoms with Gasteiger partial charge in [-0.1, -0.05) is 0 Å². The van der Waals surface area contributed by atoms with Gasteiger partial charge in [0, 0.05) is 13.2 Å². The highest BCUT2D eigenvalue weighted by Gasteiger charge is 2.10. The molecule has 0 atom stereocenters. The fraction of sp³-hybridized carbons (Fsp3) is 0.500. The zero-order chi connectivity index (χ0) is 12.0. The van der Waals surface area contributed by atoms with Gasteiger partial charge in [-0.2, -0.15) is 4.98 Å². The average Bonchev–Trinajstić information content (AvgIpc) is 2.24. The van der Waals surface area contributed by atoms with Crippen LogP contribution in [0.15, 0.2) is 9.97 Å². The first-order valence-corrected chi connectivity index (χ1v) is 4.77. The summed E-state index contributed by atoms with van der Waals surface area (Å²) in [6.07, 6.45) is 1.30. The minimum atomic E-state index is -0.674. The Labute approximate surface area is 90.9 Å². The Morgan fingerprint density at radius 2 is 2.25 bits per heavy atom. The highest BCUT2D eigenvalue weighted by molar-refractivity contribution is 5.60. The van der Waals surface area contributed by atoms with Crippen molar-refractivity contribution in [2.45, 2.75) is 12.8 Å². The monoisotopic (exact) mass is 227 g/mol. The minimum Gasteiger partial charge on any atom is -0.396 e. The van der Waals surface area contributed by atoms with Crippen molar-refractivity contribution in [2.24, 2.45) is 5.18 Å². The van der Waals surface area contributed by atoms with E-state index in [1.165, 1.54) is 0 Å². The SMILES string of the molecule is Nc1nc(NCCCCO)c(N=O)c(=O)[nH]1. The van der Waals surface area contributed by atoms with E-state index >= 15 is 0 Å². The van der Waals surface area contributed by atoms with E-state index in [0.717, 1.165) is 0 Å². The van der Waals surface area contributed by atoms with Crippen LogP contribution in [0.3, 0.4) is 0 Å². The Balaban J connectivity index is 2.78. The van der Waals surface area contributed by atoms with Gasteiger partial charge in [0.2, 0.25) is 11.6 Å². The van der Waals surface area contributed by atoms with Gasteiger partial charge in [-0.15, -0.1) is 4.91 Å². The summed E-state index contributed by atoms with van der Waals surface area (Å²) in [7, 11) is 0. The van der Waals surface area contributed by atoms with E-state index in [0.29, 0.717) is 19.4 Å². The number of hydrogen-bond donors (Lipinski definition) is 4. The van der Waals surface area contributed by atoms with Crippen molar-refractivity contribution in [2.75, 3.05) is 24.2 Å². The molecule has 0 fully saturated rings. The van der Waals surface area contributed by atoms with Crippen LogP contribution in [0, 0.1) is 4.91 Å². The van der Waals surface area contributed by atoms with Crippen molar-refractivity contribution in [3.8, 4) is 0 Å². The van der Waals surface area contributed by atoms with E-state index in [4.69, 9.17) is 10.8 Å². The molecule has 1 aromatic heterocycles. The maximum atomic E-state index is 11.2. The first-order chi connectivity index (χ1) is 7.69. The quantitative estimate of drug-likeness (QED) is 0.397. The third-order valence-electron chi connectivity index (χ3n) is 1.88. The molecule has 1 rings (SSSR count). The fourth-order valence-corrected chi connectivity index (χ4v) is 1.14. The molecule has 8 nitrogen and oxygen atoms in total. The van der Waals surface area contributed by atoms with Crippen LogP contribution in [-0.4, -0.2) is 28.2 Å². The number of aliphatic hydroxyl groups is 1. The lowest BCUT2D eigenvalue weighted by Gasteiger charge is -2.06. The summed E-state index contributed by atoms with van der Waals surface area (Å²) in [5, 5.41) is 13.9. The highest BCUT2D eigenvalue weighted by atomic mass is 16.3. The Morgan fingerprint density at radius 1 is 1.50 bits per heavy atom. The Kier molecular flexibility index (Phi) is 4.40. The van der Waals surface area contributed by atoms with Gasteiger partial charge >= 0.3 is 0 Å². The number of anilines is 2. The second-order valence-corrected chi connectivity index (χ2v) is 3.10. The predicted molar refractivity (Wildman–Crippen MR) is 59.5 cm³/mol. The molecule has 0 saturated heterocycles. The summed E-state index contributed by atoms with van der Waals surface area (Å²) in [5.74, 6) is -0.0174. The summed E-state index contributed by atoms with van der Waals surface area (Å²) < 4.78 is 0. The van der Waals surface area contributed by atoms with Gasteiger partial charge in [-0.05, 0) is 18.0 Å². The lowest BCUT2D eigenvalue weighted by atomic mass is 10.3. The molecular weight excluding hydrogens is 214 g/mol. The Hall–Kier alpha value is -1.96. The van der Waals surface area contributed by atoms with E-state index in [9.17, 15) is 9.70 Å². The lowest BCUT2D eigenvalue weighted by molar-refractivity contribution is 0.286. The molecule has 88 valence electrons. The molecule has 0 aliphatic rings. The normalized spacial score (nSPS) is 10.1. The van der Waals surface area contributed by atoms with Crippen LogP contribution in [0.25, 0.3) is 0 Å². The number of nitroso groups, excluding NO2 is 1. The Morgan fingerprint density at radius 3 is 2.88 bits per heavy atom. The number of unbranched alkanes of at least 4 members (excludes halogenated alkanes) is 1. The molecule has 0 aromatic carbocycles. The summed E-state index contributed by atoms with van der Waals surface area (Å²) in [5.41, 5.74) is 4.33. The van der Waals surface area contributed by atoms with E-state index in [-0.39, 0.29) is 24.1 Å². The molecule has 5 N–H and O–H groups in total. The summed E-state index contributed by atoms with van der Waals surface area (Å²) in [6, 6.07) is 0.